The Morgan fingerprint density at radius 1 is 1.18 bits per heavy atom. The molecule has 0 aromatic heterocycles. The molecule has 1 atom stereocenters. The Labute approximate surface area is 128 Å². The standard InChI is InChI=1S/C17H17NO4/c1-20-13-8-6-12(7-9-13)17(19)18-10-14-11-21-15-4-2-3-5-16(15)22-14/h2-9,14H,10-11H2,1H3,(H,18,19). The second-order valence-corrected chi connectivity index (χ2v) is 4.94. The molecular weight excluding hydrogens is 282 g/mol. The predicted molar refractivity (Wildman–Crippen MR) is 81.7 cm³/mol. The van der Waals surface area contributed by atoms with Crippen LogP contribution >= 0.6 is 0 Å². The summed E-state index contributed by atoms with van der Waals surface area (Å²) in [7, 11) is 1.59. The Hall–Kier alpha value is -2.69. The van der Waals surface area contributed by atoms with E-state index in [0.717, 1.165) is 11.5 Å². The summed E-state index contributed by atoms with van der Waals surface area (Å²) in [6.45, 7) is 0.805. The van der Waals surface area contributed by atoms with Crippen LogP contribution in [0.4, 0.5) is 0 Å². The van der Waals surface area contributed by atoms with Crippen molar-refractivity contribution in [3.05, 3.63) is 54.1 Å². The average molecular weight is 299 g/mol. The molecule has 0 saturated carbocycles. The lowest BCUT2D eigenvalue weighted by atomic mass is 10.2. The normalized spacial score (nSPS) is 16.0. The van der Waals surface area contributed by atoms with Crippen molar-refractivity contribution < 1.29 is 19.0 Å². The summed E-state index contributed by atoms with van der Waals surface area (Å²) in [6, 6.07) is 14.5. The molecule has 22 heavy (non-hydrogen) atoms. The van der Waals surface area contributed by atoms with Crippen molar-refractivity contribution >= 4 is 5.91 Å². The van der Waals surface area contributed by atoms with Gasteiger partial charge in [0.1, 0.15) is 18.5 Å². The van der Waals surface area contributed by atoms with Crippen LogP contribution in [0.25, 0.3) is 0 Å². The first kappa shape index (κ1) is 14.3. The van der Waals surface area contributed by atoms with Gasteiger partial charge in [-0.05, 0) is 36.4 Å². The van der Waals surface area contributed by atoms with Gasteiger partial charge in [-0.3, -0.25) is 4.79 Å². The van der Waals surface area contributed by atoms with Crippen LogP contribution in [0, 0.1) is 0 Å². The Bertz CT molecular complexity index is 654. The molecule has 0 fully saturated rings. The summed E-state index contributed by atoms with van der Waals surface area (Å²) in [5.74, 6) is 2.01. The van der Waals surface area contributed by atoms with E-state index in [-0.39, 0.29) is 12.0 Å². The lowest BCUT2D eigenvalue weighted by molar-refractivity contribution is 0.0789. The fraction of sp³-hybridized carbons (Fsp3) is 0.235. The summed E-state index contributed by atoms with van der Waals surface area (Å²) in [6.07, 6.45) is -0.197. The third-order valence-corrected chi connectivity index (χ3v) is 3.41. The first-order chi connectivity index (χ1) is 10.8. The van der Waals surface area contributed by atoms with Crippen molar-refractivity contribution in [3.63, 3.8) is 0 Å². The molecule has 1 amide bonds. The summed E-state index contributed by atoms with van der Waals surface area (Å²) in [4.78, 5) is 12.1. The lowest BCUT2D eigenvalue weighted by Gasteiger charge is -2.26. The summed E-state index contributed by atoms with van der Waals surface area (Å²) in [5, 5.41) is 2.85. The molecule has 2 aromatic carbocycles. The van der Waals surface area contributed by atoms with Crippen molar-refractivity contribution in [2.24, 2.45) is 0 Å². The van der Waals surface area contributed by atoms with Gasteiger partial charge in [-0.2, -0.15) is 0 Å². The molecule has 0 bridgehead atoms. The molecule has 5 nitrogen and oxygen atoms in total. The maximum atomic E-state index is 12.1. The summed E-state index contributed by atoms with van der Waals surface area (Å²) in [5.41, 5.74) is 0.581. The number of ether oxygens (including phenoxy) is 3. The van der Waals surface area contributed by atoms with Crippen LogP contribution in [-0.2, 0) is 0 Å². The Balaban J connectivity index is 1.55. The van der Waals surface area contributed by atoms with Gasteiger partial charge in [-0.15, -0.1) is 0 Å². The Morgan fingerprint density at radius 2 is 1.91 bits per heavy atom. The van der Waals surface area contributed by atoms with Gasteiger partial charge in [-0.1, -0.05) is 12.1 Å². The predicted octanol–water partition coefficient (Wildman–Crippen LogP) is 2.27. The van der Waals surface area contributed by atoms with Crippen LogP contribution in [0.3, 0.4) is 0 Å². The van der Waals surface area contributed by atoms with Gasteiger partial charge < -0.3 is 19.5 Å². The lowest BCUT2D eigenvalue weighted by Crippen LogP contribution is -2.40. The van der Waals surface area contributed by atoms with Crippen molar-refractivity contribution in [2.45, 2.75) is 6.10 Å². The highest BCUT2D eigenvalue weighted by molar-refractivity contribution is 5.94. The minimum atomic E-state index is -0.197. The molecule has 5 heteroatoms. The minimum absolute atomic E-state index is 0.148. The monoisotopic (exact) mass is 299 g/mol. The SMILES string of the molecule is COc1ccc(C(=O)NCC2COc3ccccc3O2)cc1. The molecule has 0 spiro atoms. The highest BCUT2D eigenvalue weighted by atomic mass is 16.6. The smallest absolute Gasteiger partial charge is 0.251 e. The van der Waals surface area contributed by atoms with E-state index in [1.807, 2.05) is 24.3 Å². The topological polar surface area (TPSA) is 56.8 Å². The molecule has 1 aliphatic heterocycles. The molecule has 0 saturated heterocycles. The molecule has 1 aliphatic rings. The maximum Gasteiger partial charge on any atom is 0.251 e. The Morgan fingerprint density at radius 3 is 2.64 bits per heavy atom. The number of carbonyl (C=O) groups excluding carboxylic acids is 1. The van der Waals surface area contributed by atoms with E-state index in [1.54, 1.807) is 31.4 Å². The zero-order valence-electron chi connectivity index (χ0n) is 12.2. The van der Waals surface area contributed by atoms with E-state index in [2.05, 4.69) is 5.32 Å². The second-order valence-electron chi connectivity index (χ2n) is 4.94. The number of benzene rings is 2. The molecule has 1 unspecified atom stereocenters. The number of carbonyl (C=O) groups is 1. The number of nitrogens with one attached hydrogen (secondary N) is 1. The number of rotatable bonds is 4. The van der Waals surface area contributed by atoms with Gasteiger partial charge in [-0.25, -0.2) is 0 Å². The summed E-state index contributed by atoms with van der Waals surface area (Å²) < 4.78 is 16.5. The van der Waals surface area contributed by atoms with E-state index < -0.39 is 0 Å². The van der Waals surface area contributed by atoms with E-state index in [0.29, 0.717) is 24.5 Å². The molecule has 2 aromatic rings. The van der Waals surface area contributed by atoms with Crippen LogP contribution in [0.1, 0.15) is 10.4 Å². The second kappa shape index (κ2) is 6.39. The number of hydrogen-bond acceptors (Lipinski definition) is 4. The van der Waals surface area contributed by atoms with Crippen LogP contribution in [-0.4, -0.2) is 32.3 Å². The average Bonchev–Trinajstić information content (AvgIpc) is 2.59. The van der Waals surface area contributed by atoms with E-state index in [4.69, 9.17) is 14.2 Å². The zero-order chi connectivity index (χ0) is 15.4. The van der Waals surface area contributed by atoms with Crippen molar-refractivity contribution in [1.29, 1.82) is 0 Å². The minimum Gasteiger partial charge on any atom is -0.497 e. The largest absolute Gasteiger partial charge is 0.497 e. The molecule has 114 valence electrons. The quantitative estimate of drug-likeness (QED) is 0.941. The maximum absolute atomic E-state index is 12.1. The number of methoxy groups -OCH3 is 1. The van der Waals surface area contributed by atoms with Gasteiger partial charge >= 0.3 is 0 Å². The molecule has 1 heterocycles. The third kappa shape index (κ3) is 3.14. The van der Waals surface area contributed by atoms with E-state index in [9.17, 15) is 4.79 Å². The molecule has 3 rings (SSSR count). The fourth-order valence-electron chi connectivity index (χ4n) is 2.21. The highest BCUT2D eigenvalue weighted by Crippen LogP contribution is 2.30. The molecule has 1 N–H and O–H groups in total. The number of para-hydroxylation sites is 2. The van der Waals surface area contributed by atoms with Crippen molar-refractivity contribution in [3.8, 4) is 17.2 Å². The van der Waals surface area contributed by atoms with Gasteiger partial charge in [0.15, 0.2) is 11.5 Å². The molecular formula is C17H17NO4. The molecule has 0 radical (unpaired) electrons. The van der Waals surface area contributed by atoms with Crippen LogP contribution in [0.15, 0.2) is 48.5 Å². The number of hydrogen-bond donors (Lipinski definition) is 1. The van der Waals surface area contributed by atoms with Crippen LogP contribution in [0.2, 0.25) is 0 Å². The first-order valence-corrected chi connectivity index (χ1v) is 7.07. The number of fused-ring (bicyclic) bond motifs is 1. The van der Waals surface area contributed by atoms with Gasteiger partial charge in [0.2, 0.25) is 0 Å². The van der Waals surface area contributed by atoms with E-state index >= 15 is 0 Å². The molecule has 0 aliphatic carbocycles. The van der Waals surface area contributed by atoms with Crippen LogP contribution in [0.5, 0.6) is 17.2 Å². The highest BCUT2D eigenvalue weighted by Gasteiger charge is 2.21. The number of amides is 1. The van der Waals surface area contributed by atoms with Gasteiger partial charge in [0.25, 0.3) is 5.91 Å². The summed E-state index contributed by atoms with van der Waals surface area (Å²) >= 11 is 0. The third-order valence-electron chi connectivity index (χ3n) is 3.41. The van der Waals surface area contributed by atoms with Gasteiger partial charge in [0.05, 0.1) is 13.7 Å². The van der Waals surface area contributed by atoms with E-state index in [1.165, 1.54) is 0 Å². The van der Waals surface area contributed by atoms with Gasteiger partial charge in [0, 0.05) is 5.56 Å². The van der Waals surface area contributed by atoms with Crippen LogP contribution < -0.4 is 19.5 Å². The first-order valence-electron chi connectivity index (χ1n) is 7.07. The van der Waals surface area contributed by atoms with Crippen molar-refractivity contribution in [1.82, 2.24) is 5.32 Å². The Kier molecular flexibility index (Phi) is 4.14. The zero-order valence-corrected chi connectivity index (χ0v) is 12.2. The fourth-order valence-corrected chi connectivity index (χ4v) is 2.21. The van der Waals surface area contributed by atoms with Crippen molar-refractivity contribution in [2.75, 3.05) is 20.3 Å².